The first-order chi connectivity index (χ1) is 18.4. The zero-order chi connectivity index (χ0) is 28.1. The van der Waals surface area contributed by atoms with Crippen LogP contribution in [0.4, 0.5) is 17.6 Å². The SMILES string of the molecule is COc1cc(-c2cc(C(=O)N3[C@@H]4CC[C@H]3CC(C(=O)N(C)C3CCC(O)(C(F)(F)F)CC3)C4)[nH]n2)c(F)cn1. The van der Waals surface area contributed by atoms with Crippen LogP contribution in [0.25, 0.3) is 11.3 Å². The van der Waals surface area contributed by atoms with Crippen LogP contribution in [0.3, 0.4) is 0 Å². The molecule has 13 heteroatoms. The highest BCUT2D eigenvalue weighted by atomic mass is 19.4. The van der Waals surface area contributed by atoms with Crippen molar-refractivity contribution in [1.29, 1.82) is 0 Å². The van der Waals surface area contributed by atoms with Crippen molar-refractivity contribution in [3.8, 4) is 17.1 Å². The van der Waals surface area contributed by atoms with E-state index in [4.69, 9.17) is 4.74 Å². The second kappa shape index (κ2) is 10.1. The Morgan fingerprint density at radius 1 is 1.15 bits per heavy atom. The van der Waals surface area contributed by atoms with Crippen LogP contribution in [0.5, 0.6) is 5.88 Å². The van der Waals surface area contributed by atoms with Gasteiger partial charge in [0.1, 0.15) is 5.69 Å². The van der Waals surface area contributed by atoms with Gasteiger partial charge in [-0.15, -0.1) is 0 Å². The maximum absolute atomic E-state index is 14.3. The molecule has 2 amide bonds. The Labute approximate surface area is 222 Å². The lowest BCUT2D eigenvalue weighted by Crippen LogP contribution is -2.54. The smallest absolute Gasteiger partial charge is 0.417 e. The number of piperidine rings is 1. The molecule has 2 saturated heterocycles. The first-order valence-electron chi connectivity index (χ1n) is 13.1. The zero-order valence-corrected chi connectivity index (χ0v) is 21.7. The molecule has 2 aliphatic heterocycles. The van der Waals surface area contributed by atoms with Crippen LogP contribution >= 0.6 is 0 Å². The summed E-state index contributed by atoms with van der Waals surface area (Å²) < 4.78 is 58.9. The molecule has 1 aliphatic carbocycles. The van der Waals surface area contributed by atoms with Crippen LogP contribution in [-0.2, 0) is 4.79 Å². The molecule has 0 spiro atoms. The number of nitrogens with one attached hydrogen (secondary N) is 1. The molecule has 2 aromatic rings. The van der Waals surface area contributed by atoms with Crippen LogP contribution < -0.4 is 4.74 Å². The normalized spacial score (nSPS) is 28.8. The number of rotatable bonds is 5. The number of nitrogens with zero attached hydrogens (tertiary/aromatic N) is 4. The summed E-state index contributed by atoms with van der Waals surface area (Å²) >= 11 is 0. The summed E-state index contributed by atoms with van der Waals surface area (Å²) in [6, 6.07) is 2.19. The van der Waals surface area contributed by atoms with Gasteiger partial charge in [-0.2, -0.15) is 18.3 Å². The number of pyridine rings is 1. The molecule has 2 bridgehead atoms. The predicted octanol–water partition coefficient (Wildman–Crippen LogP) is 3.70. The molecule has 0 aromatic carbocycles. The summed E-state index contributed by atoms with van der Waals surface area (Å²) in [4.78, 5) is 33.9. The molecule has 1 unspecified atom stereocenters. The van der Waals surface area contributed by atoms with Crippen LogP contribution in [0.1, 0.15) is 61.9 Å². The Morgan fingerprint density at radius 3 is 2.38 bits per heavy atom. The number of methoxy groups -OCH3 is 1. The van der Waals surface area contributed by atoms with Gasteiger partial charge in [0.2, 0.25) is 11.8 Å². The van der Waals surface area contributed by atoms with Crippen molar-refractivity contribution in [2.75, 3.05) is 14.2 Å². The van der Waals surface area contributed by atoms with Gasteiger partial charge in [-0.05, 0) is 57.4 Å². The van der Waals surface area contributed by atoms with E-state index in [1.165, 1.54) is 24.1 Å². The average Bonchev–Trinajstić information content (AvgIpc) is 3.50. The molecule has 2 aromatic heterocycles. The van der Waals surface area contributed by atoms with Crippen molar-refractivity contribution in [1.82, 2.24) is 25.0 Å². The van der Waals surface area contributed by atoms with Gasteiger partial charge < -0.3 is 19.6 Å². The second-order valence-electron chi connectivity index (χ2n) is 10.8. The molecule has 3 atom stereocenters. The molecule has 9 nitrogen and oxygen atoms in total. The number of alkyl halides is 3. The molecule has 4 heterocycles. The number of halogens is 4. The number of hydrogen-bond acceptors (Lipinski definition) is 6. The molecular weight excluding hydrogens is 522 g/mol. The number of aromatic amines is 1. The molecule has 3 fully saturated rings. The first kappa shape index (κ1) is 27.4. The van der Waals surface area contributed by atoms with Crippen molar-refractivity contribution >= 4 is 11.8 Å². The molecule has 2 N–H and O–H groups in total. The number of carbonyl (C=O) groups excluding carboxylic acids is 2. The highest BCUT2D eigenvalue weighted by Crippen LogP contribution is 2.44. The fourth-order valence-electron chi connectivity index (χ4n) is 6.36. The van der Waals surface area contributed by atoms with Crippen molar-refractivity contribution in [2.24, 2.45) is 5.92 Å². The van der Waals surface area contributed by atoms with Gasteiger partial charge in [0.25, 0.3) is 5.91 Å². The maximum Gasteiger partial charge on any atom is 0.417 e. The van der Waals surface area contributed by atoms with E-state index in [9.17, 15) is 32.3 Å². The third kappa shape index (κ3) is 4.96. The third-order valence-electron chi connectivity index (χ3n) is 8.65. The summed E-state index contributed by atoms with van der Waals surface area (Å²) in [5.74, 6) is -1.14. The number of carbonyl (C=O) groups is 2. The first-order valence-corrected chi connectivity index (χ1v) is 13.1. The number of ether oxygens (including phenoxy) is 1. The van der Waals surface area contributed by atoms with Crippen LogP contribution in [0.15, 0.2) is 18.3 Å². The van der Waals surface area contributed by atoms with E-state index < -0.39 is 30.4 Å². The minimum Gasteiger partial charge on any atom is -0.481 e. The predicted molar refractivity (Wildman–Crippen MR) is 130 cm³/mol. The lowest BCUT2D eigenvalue weighted by molar-refractivity contribution is -0.271. The lowest BCUT2D eigenvalue weighted by Gasteiger charge is -2.43. The average molecular weight is 554 g/mol. The van der Waals surface area contributed by atoms with E-state index in [1.807, 2.05) is 0 Å². The molecule has 1 saturated carbocycles. The van der Waals surface area contributed by atoms with Gasteiger partial charge in [0.05, 0.1) is 19.0 Å². The van der Waals surface area contributed by atoms with Crippen molar-refractivity contribution in [3.63, 3.8) is 0 Å². The van der Waals surface area contributed by atoms with Crippen molar-refractivity contribution < 1.29 is 37.0 Å². The number of H-pyrrole nitrogens is 1. The molecule has 5 rings (SSSR count). The Kier molecular flexibility index (Phi) is 7.06. The molecule has 39 heavy (non-hydrogen) atoms. The number of aliphatic hydroxyl groups is 1. The van der Waals surface area contributed by atoms with Crippen LogP contribution in [0.2, 0.25) is 0 Å². The maximum atomic E-state index is 14.3. The van der Waals surface area contributed by atoms with E-state index >= 15 is 0 Å². The summed E-state index contributed by atoms with van der Waals surface area (Å²) in [5.41, 5.74) is -2.11. The van der Waals surface area contributed by atoms with Gasteiger partial charge in [0, 0.05) is 42.7 Å². The third-order valence-corrected chi connectivity index (χ3v) is 8.65. The summed E-state index contributed by atoms with van der Waals surface area (Å²) in [6.07, 6.45) is -1.97. The highest BCUT2D eigenvalue weighted by Gasteiger charge is 2.55. The number of fused-ring (bicyclic) bond motifs is 2. The van der Waals surface area contributed by atoms with Gasteiger partial charge in [-0.25, -0.2) is 9.37 Å². The quantitative estimate of drug-likeness (QED) is 0.547. The molecular formula is C26H31F4N5O4. The minimum atomic E-state index is -4.69. The van der Waals surface area contributed by atoms with E-state index in [0.717, 1.165) is 19.0 Å². The summed E-state index contributed by atoms with van der Waals surface area (Å²) in [7, 11) is 3.03. The fraction of sp³-hybridized carbons (Fsp3) is 0.615. The van der Waals surface area contributed by atoms with Crippen LogP contribution in [-0.4, -0.2) is 86.0 Å². The number of hydrogen-bond donors (Lipinski definition) is 2. The number of aromatic nitrogens is 3. The monoisotopic (exact) mass is 553 g/mol. The topological polar surface area (TPSA) is 112 Å². The van der Waals surface area contributed by atoms with Gasteiger partial charge in [-0.1, -0.05) is 0 Å². The Balaban J connectivity index is 1.23. The number of amides is 2. The largest absolute Gasteiger partial charge is 0.481 e. The zero-order valence-electron chi connectivity index (χ0n) is 21.7. The standard InChI is InChI=1S/C26H31F4N5O4/c1-34(15-5-7-25(38,8-6-15)26(28,29)30)23(36)14-9-16-3-4-17(10-14)35(16)24(37)21-12-20(32-33-21)18-11-22(39-2)31-13-19(18)27/h11-17,38H,3-10H2,1-2H3,(H,32,33)/t14?,15?,16-,17+,25?. The minimum absolute atomic E-state index is 0.0779. The van der Waals surface area contributed by atoms with E-state index in [1.54, 1.807) is 11.9 Å². The lowest BCUT2D eigenvalue weighted by atomic mass is 9.80. The van der Waals surface area contributed by atoms with E-state index in [0.29, 0.717) is 12.8 Å². The van der Waals surface area contributed by atoms with Crippen molar-refractivity contribution in [3.05, 3.63) is 29.8 Å². The van der Waals surface area contributed by atoms with Gasteiger partial charge >= 0.3 is 6.18 Å². The summed E-state index contributed by atoms with van der Waals surface area (Å²) in [5, 5.41) is 16.8. The summed E-state index contributed by atoms with van der Waals surface area (Å²) in [6.45, 7) is 0. The van der Waals surface area contributed by atoms with E-state index in [2.05, 4.69) is 15.2 Å². The Bertz CT molecular complexity index is 1230. The second-order valence-corrected chi connectivity index (χ2v) is 10.8. The molecule has 3 aliphatic rings. The fourth-order valence-corrected chi connectivity index (χ4v) is 6.36. The van der Waals surface area contributed by atoms with Gasteiger partial charge in [0.15, 0.2) is 11.4 Å². The highest BCUT2D eigenvalue weighted by molar-refractivity contribution is 5.94. The molecule has 0 radical (unpaired) electrons. The van der Waals surface area contributed by atoms with Gasteiger partial charge in [-0.3, -0.25) is 14.7 Å². The van der Waals surface area contributed by atoms with Crippen LogP contribution in [0, 0.1) is 11.7 Å². The molecule has 212 valence electrons. The Hall–Kier alpha value is -3.22. The van der Waals surface area contributed by atoms with E-state index in [-0.39, 0.29) is 71.5 Å². The Morgan fingerprint density at radius 2 is 1.79 bits per heavy atom. The van der Waals surface area contributed by atoms with Crippen molar-refractivity contribution in [2.45, 2.75) is 81.3 Å².